The molecule has 2 N–H and O–H groups in total. The third-order valence-corrected chi connectivity index (χ3v) is 3.59. The fourth-order valence-electron chi connectivity index (χ4n) is 2.50. The van der Waals surface area contributed by atoms with Crippen molar-refractivity contribution in [3.63, 3.8) is 0 Å². The summed E-state index contributed by atoms with van der Waals surface area (Å²) >= 11 is 0. The number of hydrogen-bond acceptors (Lipinski definition) is 8. The Kier molecular flexibility index (Phi) is 3.57. The first kappa shape index (κ1) is 15.7. The predicted octanol–water partition coefficient (Wildman–Crippen LogP) is 0.940. The molecule has 10 nitrogen and oxygen atoms in total. The summed E-state index contributed by atoms with van der Waals surface area (Å²) in [7, 11) is 0. The molecule has 4 heterocycles. The first-order chi connectivity index (χ1) is 12.5. The lowest BCUT2D eigenvalue weighted by atomic mass is 10.2. The Morgan fingerprint density at radius 3 is 2.73 bits per heavy atom. The average molecular weight is 350 g/mol. The highest BCUT2D eigenvalue weighted by Gasteiger charge is 2.19. The van der Waals surface area contributed by atoms with Crippen LogP contribution in [0.4, 0.5) is 5.82 Å². The number of anilines is 1. The SMILES string of the molecule is CC(=O)On1c(-c2cccnc2N)nc2ccc(-n3cnc(C)n3)nc21. The van der Waals surface area contributed by atoms with E-state index in [1.54, 1.807) is 43.7 Å². The van der Waals surface area contributed by atoms with Gasteiger partial charge in [0.1, 0.15) is 23.5 Å². The number of carbonyl (C=O) groups excluding carboxylic acids is 1. The lowest BCUT2D eigenvalue weighted by Gasteiger charge is -2.08. The van der Waals surface area contributed by atoms with Gasteiger partial charge in [0.25, 0.3) is 0 Å². The van der Waals surface area contributed by atoms with Crippen molar-refractivity contribution in [3.05, 3.63) is 42.6 Å². The highest BCUT2D eigenvalue weighted by molar-refractivity contribution is 5.81. The summed E-state index contributed by atoms with van der Waals surface area (Å²) < 4.78 is 2.77. The highest BCUT2D eigenvalue weighted by Crippen LogP contribution is 2.26. The van der Waals surface area contributed by atoms with Crippen molar-refractivity contribution in [2.75, 3.05) is 5.73 Å². The van der Waals surface area contributed by atoms with Crippen LogP contribution >= 0.6 is 0 Å². The van der Waals surface area contributed by atoms with Crippen LogP contribution in [0.15, 0.2) is 36.8 Å². The zero-order valence-corrected chi connectivity index (χ0v) is 14.0. The molecule has 0 spiro atoms. The van der Waals surface area contributed by atoms with Gasteiger partial charge in [-0.15, -0.1) is 4.73 Å². The van der Waals surface area contributed by atoms with Crippen molar-refractivity contribution in [2.24, 2.45) is 0 Å². The molecule has 4 aromatic rings. The number of nitrogen functional groups attached to an aromatic ring is 1. The maximum atomic E-state index is 11.6. The Balaban J connectivity index is 1.95. The van der Waals surface area contributed by atoms with E-state index >= 15 is 0 Å². The number of fused-ring (bicyclic) bond motifs is 1. The molecule has 0 aliphatic rings. The van der Waals surface area contributed by atoms with E-state index in [1.807, 2.05) is 0 Å². The summed E-state index contributed by atoms with van der Waals surface area (Å²) in [6.45, 7) is 3.08. The Hall–Kier alpha value is -3.82. The number of aromatic nitrogens is 7. The van der Waals surface area contributed by atoms with Gasteiger partial charge in [0, 0.05) is 13.1 Å². The number of carbonyl (C=O) groups is 1. The Bertz CT molecular complexity index is 1130. The molecule has 26 heavy (non-hydrogen) atoms. The van der Waals surface area contributed by atoms with Crippen molar-refractivity contribution in [1.29, 1.82) is 0 Å². The molecule has 0 aromatic carbocycles. The largest absolute Gasteiger partial charge is 0.383 e. The summed E-state index contributed by atoms with van der Waals surface area (Å²) in [5.74, 6) is 1.21. The van der Waals surface area contributed by atoms with Gasteiger partial charge in [-0.2, -0.15) is 5.10 Å². The average Bonchev–Trinajstić information content (AvgIpc) is 3.19. The van der Waals surface area contributed by atoms with Crippen molar-refractivity contribution in [1.82, 2.24) is 34.4 Å². The van der Waals surface area contributed by atoms with Crippen LogP contribution in [-0.4, -0.2) is 40.4 Å². The molecule has 0 radical (unpaired) electrons. The van der Waals surface area contributed by atoms with Crippen LogP contribution in [0.25, 0.3) is 28.4 Å². The van der Waals surface area contributed by atoms with Crippen molar-refractivity contribution in [2.45, 2.75) is 13.8 Å². The van der Waals surface area contributed by atoms with Crippen molar-refractivity contribution >= 4 is 23.0 Å². The minimum atomic E-state index is -0.517. The molecular formula is C16H14N8O2. The Morgan fingerprint density at radius 1 is 1.19 bits per heavy atom. The van der Waals surface area contributed by atoms with Gasteiger partial charge in [0.05, 0.1) is 5.56 Å². The Labute approximate surface area is 147 Å². The van der Waals surface area contributed by atoms with Crippen molar-refractivity contribution < 1.29 is 9.63 Å². The predicted molar refractivity (Wildman–Crippen MR) is 92.1 cm³/mol. The normalized spacial score (nSPS) is 11.0. The quantitative estimate of drug-likeness (QED) is 0.578. The molecule has 0 aliphatic carbocycles. The van der Waals surface area contributed by atoms with Crippen LogP contribution in [0.3, 0.4) is 0 Å². The smallest absolute Gasteiger partial charge is 0.330 e. The number of pyridine rings is 2. The molecule has 0 amide bonds. The third kappa shape index (κ3) is 2.62. The van der Waals surface area contributed by atoms with Crippen LogP contribution in [0.1, 0.15) is 12.7 Å². The van der Waals surface area contributed by atoms with Crippen LogP contribution in [-0.2, 0) is 4.79 Å². The molecule has 0 fully saturated rings. The lowest BCUT2D eigenvalue weighted by molar-refractivity contribution is -0.140. The van der Waals surface area contributed by atoms with Crippen molar-refractivity contribution in [3.8, 4) is 17.2 Å². The lowest BCUT2D eigenvalue weighted by Crippen LogP contribution is -2.18. The molecule has 0 atom stereocenters. The minimum absolute atomic E-state index is 0.267. The fraction of sp³-hybridized carbons (Fsp3) is 0.125. The molecule has 4 aromatic heterocycles. The fourth-order valence-corrected chi connectivity index (χ4v) is 2.50. The Morgan fingerprint density at radius 2 is 2.04 bits per heavy atom. The van der Waals surface area contributed by atoms with Gasteiger partial charge in [-0.1, -0.05) is 0 Å². The standard InChI is InChI=1S/C16H14N8O2/c1-9-19-8-23(22-9)13-6-5-12-16(21-13)24(26-10(2)25)15(20-12)11-4-3-7-18-14(11)17/h3-8H,1-2H3,(H2,17,18). The minimum Gasteiger partial charge on any atom is -0.383 e. The summed E-state index contributed by atoms with van der Waals surface area (Å²) in [5.41, 5.74) is 7.37. The molecule has 0 bridgehead atoms. The molecule has 4 rings (SSSR count). The summed E-state index contributed by atoms with van der Waals surface area (Å²) in [4.78, 5) is 34.1. The van der Waals surface area contributed by atoms with E-state index in [4.69, 9.17) is 10.6 Å². The van der Waals surface area contributed by atoms with E-state index in [-0.39, 0.29) is 5.82 Å². The number of rotatable bonds is 3. The topological polar surface area (TPSA) is 127 Å². The van der Waals surface area contributed by atoms with E-state index in [0.717, 1.165) is 0 Å². The monoisotopic (exact) mass is 350 g/mol. The van der Waals surface area contributed by atoms with Gasteiger partial charge < -0.3 is 10.6 Å². The van der Waals surface area contributed by atoms with Gasteiger partial charge in [-0.3, -0.25) is 0 Å². The van der Waals surface area contributed by atoms with E-state index < -0.39 is 5.97 Å². The van der Waals surface area contributed by atoms with Gasteiger partial charge in [-0.05, 0) is 31.2 Å². The van der Waals surface area contributed by atoms with E-state index in [1.165, 1.54) is 16.3 Å². The molecule has 0 unspecified atom stereocenters. The van der Waals surface area contributed by atoms with E-state index in [9.17, 15) is 4.79 Å². The van der Waals surface area contributed by atoms with Gasteiger partial charge in [-0.25, -0.2) is 29.4 Å². The number of hydrogen-bond donors (Lipinski definition) is 1. The van der Waals surface area contributed by atoms with Crippen LogP contribution < -0.4 is 10.6 Å². The molecule has 0 aliphatic heterocycles. The first-order valence-electron chi connectivity index (χ1n) is 7.71. The maximum Gasteiger partial charge on any atom is 0.330 e. The number of aryl methyl sites for hydroxylation is 1. The molecule has 0 saturated carbocycles. The second kappa shape index (κ2) is 5.92. The molecule has 10 heteroatoms. The van der Waals surface area contributed by atoms with E-state index in [2.05, 4.69) is 25.0 Å². The third-order valence-electron chi connectivity index (χ3n) is 3.59. The second-order valence-electron chi connectivity index (χ2n) is 5.50. The zero-order chi connectivity index (χ0) is 18.3. The molecular weight excluding hydrogens is 336 g/mol. The van der Waals surface area contributed by atoms with Gasteiger partial charge >= 0.3 is 5.97 Å². The zero-order valence-electron chi connectivity index (χ0n) is 14.0. The van der Waals surface area contributed by atoms with Gasteiger partial charge in [0.15, 0.2) is 17.3 Å². The first-order valence-corrected chi connectivity index (χ1v) is 7.71. The van der Waals surface area contributed by atoms with Crippen LogP contribution in [0.5, 0.6) is 0 Å². The number of imidazole rings is 1. The van der Waals surface area contributed by atoms with E-state index in [0.29, 0.717) is 34.2 Å². The molecule has 0 saturated heterocycles. The van der Waals surface area contributed by atoms with Crippen LogP contribution in [0.2, 0.25) is 0 Å². The second-order valence-corrected chi connectivity index (χ2v) is 5.50. The van der Waals surface area contributed by atoms with Crippen LogP contribution in [0, 0.1) is 6.92 Å². The molecule has 130 valence electrons. The summed E-state index contributed by atoms with van der Waals surface area (Å²) in [6, 6.07) is 6.97. The number of nitrogens with zero attached hydrogens (tertiary/aromatic N) is 7. The van der Waals surface area contributed by atoms with Gasteiger partial charge in [0.2, 0.25) is 0 Å². The highest BCUT2D eigenvalue weighted by atomic mass is 16.7. The summed E-state index contributed by atoms with van der Waals surface area (Å²) in [6.07, 6.45) is 3.12. The maximum absolute atomic E-state index is 11.6. The summed E-state index contributed by atoms with van der Waals surface area (Å²) in [5, 5.41) is 4.23. The number of nitrogens with two attached hydrogens (primary N) is 1.